The molecule has 5 heterocycles. The number of piperidine rings is 1. The third-order valence-electron chi connectivity index (χ3n) is 5.36. The summed E-state index contributed by atoms with van der Waals surface area (Å²) in [5, 5.41) is 11.3. The lowest BCUT2D eigenvalue weighted by Crippen LogP contribution is -2.53. The lowest BCUT2D eigenvalue weighted by molar-refractivity contribution is -0.0675. The van der Waals surface area contributed by atoms with Crippen molar-refractivity contribution >= 4 is 17.1 Å². The summed E-state index contributed by atoms with van der Waals surface area (Å²) in [4.78, 5) is 10.2. The maximum atomic E-state index is 14.4. The van der Waals surface area contributed by atoms with Gasteiger partial charge in [-0.15, -0.1) is 5.10 Å². The quantitative estimate of drug-likeness (QED) is 0.548. The largest absolute Gasteiger partial charge is 0.479 e. The molecule has 1 N–H and O–H groups in total. The Hall–Kier alpha value is -3.34. The molecule has 4 aromatic heterocycles. The van der Waals surface area contributed by atoms with Crippen LogP contribution in [0, 0.1) is 0 Å². The van der Waals surface area contributed by atoms with Crippen molar-refractivity contribution in [3.8, 4) is 17.0 Å². The Labute approximate surface area is 170 Å². The van der Waals surface area contributed by atoms with Crippen molar-refractivity contribution in [3.63, 3.8) is 0 Å². The summed E-state index contributed by atoms with van der Waals surface area (Å²) in [5.41, 5.74) is 3.08. The molecule has 0 aromatic carbocycles. The van der Waals surface area contributed by atoms with Gasteiger partial charge >= 0.3 is 0 Å². The number of alkyl halides is 2. The topological polar surface area (TPSA) is 84.9 Å². The van der Waals surface area contributed by atoms with Gasteiger partial charge in [-0.3, -0.25) is 0 Å². The second kappa shape index (κ2) is 6.87. The zero-order valence-corrected chi connectivity index (χ0v) is 16.5. The van der Waals surface area contributed by atoms with E-state index in [4.69, 9.17) is 4.74 Å². The number of nitrogens with one attached hydrogen (secondary N) is 1. The molecule has 0 saturated carbocycles. The van der Waals surface area contributed by atoms with E-state index in [1.54, 1.807) is 27.2 Å². The fourth-order valence-electron chi connectivity index (χ4n) is 3.85. The summed E-state index contributed by atoms with van der Waals surface area (Å²) >= 11 is 0. The van der Waals surface area contributed by atoms with E-state index in [1.165, 1.54) is 13.4 Å². The predicted molar refractivity (Wildman–Crippen MR) is 106 cm³/mol. The molecule has 0 unspecified atom stereocenters. The van der Waals surface area contributed by atoms with Gasteiger partial charge in [-0.05, 0) is 37.2 Å². The summed E-state index contributed by atoms with van der Waals surface area (Å²) in [6.07, 6.45) is 5.34. The van der Waals surface area contributed by atoms with Crippen molar-refractivity contribution < 1.29 is 13.5 Å². The maximum Gasteiger partial charge on any atom is 0.280 e. The molecule has 0 aliphatic carbocycles. The van der Waals surface area contributed by atoms with Crippen LogP contribution in [0.4, 0.5) is 14.7 Å². The minimum Gasteiger partial charge on any atom is -0.479 e. The Morgan fingerprint density at radius 3 is 2.87 bits per heavy atom. The third-order valence-corrected chi connectivity index (χ3v) is 5.36. The first-order valence-corrected chi connectivity index (χ1v) is 9.50. The van der Waals surface area contributed by atoms with Gasteiger partial charge in [-0.2, -0.15) is 10.1 Å². The molecule has 30 heavy (non-hydrogen) atoms. The van der Waals surface area contributed by atoms with Gasteiger partial charge in [-0.1, -0.05) is 0 Å². The van der Waals surface area contributed by atoms with Crippen LogP contribution >= 0.6 is 0 Å². The van der Waals surface area contributed by atoms with Crippen molar-refractivity contribution in [1.29, 1.82) is 0 Å². The van der Waals surface area contributed by atoms with Gasteiger partial charge in [0.15, 0.2) is 5.65 Å². The second-order valence-corrected chi connectivity index (χ2v) is 7.43. The van der Waals surface area contributed by atoms with Crippen LogP contribution in [0.25, 0.3) is 22.3 Å². The van der Waals surface area contributed by atoms with Crippen molar-refractivity contribution in [2.45, 2.75) is 18.4 Å². The van der Waals surface area contributed by atoms with Crippen LogP contribution in [0.1, 0.15) is 6.42 Å². The molecule has 156 valence electrons. The van der Waals surface area contributed by atoms with Crippen LogP contribution in [0.15, 0.2) is 36.9 Å². The van der Waals surface area contributed by atoms with Gasteiger partial charge in [0.1, 0.15) is 11.8 Å². The van der Waals surface area contributed by atoms with Crippen LogP contribution < -0.4 is 10.1 Å². The molecular weight excluding hydrogens is 394 g/mol. The van der Waals surface area contributed by atoms with E-state index in [0.717, 1.165) is 11.1 Å². The number of halogens is 2. The number of hydrogen-bond acceptors (Lipinski definition) is 7. The maximum absolute atomic E-state index is 14.4. The summed E-state index contributed by atoms with van der Waals surface area (Å²) in [6, 6.07) is 4.64. The Kier molecular flexibility index (Phi) is 4.28. The summed E-state index contributed by atoms with van der Waals surface area (Å²) < 4.78 is 37.6. The van der Waals surface area contributed by atoms with Gasteiger partial charge in [-0.25, -0.2) is 22.8 Å². The number of ether oxygens (including phenoxy) is 1. The zero-order chi connectivity index (χ0) is 20.9. The normalized spacial score (nSPS) is 19.4. The van der Waals surface area contributed by atoms with Crippen molar-refractivity contribution in [2.75, 3.05) is 32.6 Å². The number of hydrogen-bond donors (Lipinski definition) is 1. The molecule has 5 rings (SSSR count). The van der Waals surface area contributed by atoms with E-state index >= 15 is 0 Å². The smallest absolute Gasteiger partial charge is 0.280 e. The predicted octanol–water partition coefficient (Wildman–Crippen LogP) is 2.20. The Bertz CT molecular complexity index is 1220. The van der Waals surface area contributed by atoms with Crippen LogP contribution in [0.2, 0.25) is 0 Å². The SMILES string of the molecule is COc1nc(N[C@@H]2CCN(C)CC2(F)F)nn2ccc(-c3ccn4ncnc4c3)c12. The van der Waals surface area contributed by atoms with E-state index < -0.39 is 12.0 Å². The van der Waals surface area contributed by atoms with E-state index in [0.29, 0.717) is 30.0 Å². The summed E-state index contributed by atoms with van der Waals surface area (Å²) in [6.45, 7) is 0.272. The van der Waals surface area contributed by atoms with Gasteiger partial charge < -0.3 is 15.0 Å². The summed E-state index contributed by atoms with van der Waals surface area (Å²) in [7, 11) is 3.18. The van der Waals surface area contributed by atoms with E-state index in [9.17, 15) is 8.78 Å². The highest BCUT2D eigenvalue weighted by molar-refractivity contribution is 5.85. The van der Waals surface area contributed by atoms with E-state index in [2.05, 4.69) is 25.5 Å². The van der Waals surface area contributed by atoms with E-state index in [-0.39, 0.29) is 12.5 Å². The first kappa shape index (κ1) is 18.7. The zero-order valence-electron chi connectivity index (χ0n) is 16.5. The van der Waals surface area contributed by atoms with Crippen LogP contribution in [0.5, 0.6) is 5.88 Å². The Morgan fingerprint density at radius 1 is 1.23 bits per heavy atom. The van der Waals surface area contributed by atoms with Gasteiger partial charge in [0.2, 0.25) is 11.8 Å². The van der Waals surface area contributed by atoms with Crippen molar-refractivity contribution in [3.05, 3.63) is 36.9 Å². The molecule has 1 aliphatic rings. The molecule has 0 spiro atoms. The van der Waals surface area contributed by atoms with Gasteiger partial charge in [0.25, 0.3) is 5.92 Å². The third kappa shape index (κ3) is 3.11. The number of rotatable bonds is 4. The standard InChI is InChI=1S/C19H20F2N8O/c1-27-6-5-14(19(20,21)10-27)24-18-25-17(30-2)16-13(4-8-29(16)26-18)12-3-7-28-15(9-12)22-11-23-28/h3-4,7-9,11,14H,5-6,10H2,1-2H3,(H,24,26)/t14-/m1/s1. The first-order chi connectivity index (χ1) is 14.4. The number of pyridine rings is 1. The fourth-order valence-corrected chi connectivity index (χ4v) is 3.85. The van der Waals surface area contributed by atoms with Crippen LogP contribution in [-0.4, -0.2) is 73.3 Å². The molecular formula is C19H20F2N8O. The number of methoxy groups -OCH3 is 1. The number of nitrogens with zero attached hydrogens (tertiary/aromatic N) is 7. The van der Waals surface area contributed by atoms with Gasteiger partial charge in [0, 0.05) is 24.5 Å². The van der Waals surface area contributed by atoms with E-state index in [1.807, 2.05) is 24.4 Å². The Morgan fingerprint density at radius 2 is 2.07 bits per heavy atom. The lowest BCUT2D eigenvalue weighted by atomic mass is 10.0. The molecule has 1 aliphatic heterocycles. The highest BCUT2D eigenvalue weighted by Gasteiger charge is 2.44. The second-order valence-electron chi connectivity index (χ2n) is 7.43. The van der Waals surface area contributed by atoms with Crippen LogP contribution in [-0.2, 0) is 0 Å². The van der Waals surface area contributed by atoms with Crippen molar-refractivity contribution in [1.82, 2.24) is 34.1 Å². The monoisotopic (exact) mass is 414 g/mol. The lowest BCUT2D eigenvalue weighted by Gasteiger charge is -2.36. The molecule has 1 atom stereocenters. The molecule has 1 saturated heterocycles. The number of fused-ring (bicyclic) bond motifs is 2. The van der Waals surface area contributed by atoms with Gasteiger partial charge in [0.05, 0.1) is 19.7 Å². The average molecular weight is 414 g/mol. The molecule has 11 heteroatoms. The molecule has 4 aromatic rings. The highest BCUT2D eigenvalue weighted by atomic mass is 19.3. The summed E-state index contributed by atoms with van der Waals surface area (Å²) in [5.74, 6) is -2.48. The highest BCUT2D eigenvalue weighted by Crippen LogP contribution is 2.33. The van der Waals surface area contributed by atoms with Crippen LogP contribution in [0.3, 0.4) is 0 Å². The number of likely N-dealkylation sites (tertiary alicyclic amines) is 1. The van der Waals surface area contributed by atoms with Crippen molar-refractivity contribution in [2.24, 2.45) is 0 Å². The minimum atomic E-state index is -2.88. The molecule has 0 radical (unpaired) electrons. The fraction of sp³-hybridized carbons (Fsp3) is 0.368. The minimum absolute atomic E-state index is 0.101. The average Bonchev–Trinajstić information content (AvgIpc) is 3.35. The molecule has 0 bridgehead atoms. The number of anilines is 1. The molecule has 9 nitrogen and oxygen atoms in total. The molecule has 1 fully saturated rings. The number of aromatic nitrogens is 6. The molecule has 0 amide bonds. The Balaban J connectivity index is 1.53. The first-order valence-electron chi connectivity index (χ1n) is 9.50.